The van der Waals surface area contributed by atoms with Crippen LogP contribution in [0.4, 0.5) is 0 Å². The standard InChI is InChI=1S/AsH3.3H2O3Se/c;3*1-4(2)3/h1H3;3*(H2,1,2,3). The first-order valence-electron chi connectivity index (χ1n) is 1.60. The fraction of sp³-hybridized carbons (Fsp3) is 0. The van der Waals surface area contributed by atoms with Crippen molar-refractivity contribution in [1.82, 2.24) is 0 Å². The maximum atomic E-state index is 8.76. The molecular weight excluding hydrogens is 456 g/mol. The van der Waals surface area contributed by atoms with Crippen LogP contribution in [-0.4, -0.2) is 86.6 Å². The van der Waals surface area contributed by atoms with E-state index < -0.39 is 43.5 Å². The third kappa shape index (κ3) is 1040. The van der Waals surface area contributed by atoms with Gasteiger partial charge in [-0.3, -0.25) is 0 Å². The van der Waals surface area contributed by atoms with Crippen LogP contribution in [0.1, 0.15) is 0 Å². The molecule has 86 valence electrons. The third-order valence-corrected chi connectivity index (χ3v) is 0. The fourth-order valence-electron chi connectivity index (χ4n) is 0. The van der Waals surface area contributed by atoms with Crippen LogP contribution in [-0.2, 0) is 11.5 Å². The third-order valence-electron chi connectivity index (χ3n) is 0. The van der Waals surface area contributed by atoms with Crippen molar-refractivity contribution in [3.8, 4) is 0 Å². The number of hydrogen-bond donors (Lipinski definition) is 6. The van der Waals surface area contributed by atoms with Crippen LogP contribution >= 0.6 is 0 Å². The molecule has 13 heteroatoms. The van der Waals surface area contributed by atoms with Gasteiger partial charge >= 0.3 is 98.1 Å². The SMILES string of the molecule is O=[Se](O)O.O=[Se](O)O.O=[Se](O)O.[AsH3]. The van der Waals surface area contributed by atoms with Crippen LogP contribution in [0.3, 0.4) is 0 Å². The van der Waals surface area contributed by atoms with Crippen LogP contribution in [0, 0.1) is 0 Å². The molecule has 0 aromatic carbocycles. The molecule has 0 aromatic rings. The van der Waals surface area contributed by atoms with Crippen LogP contribution in [0.2, 0.25) is 0 Å². The zero-order valence-corrected chi connectivity index (χ0v) is 13.9. The topological polar surface area (TPSA) is 173 Å². The van der Waals surface area contributed by atoms with Gasteiger partial charge in [-0.05, 0) is 0 Å². The summed E-state index contributed by atoms with van der Waals surface area (Å²) < 4.78 is 69.4. The summed E-state index contributed by atoms with van der Waals surface area (Å²) in [7, 11) is 0. The summed E-state index contributed by atoms with van der Waals surface area (Å²) in [6.07, 6.45) is 0. The minimum atomic E-state index is -3.29. The van der Waals surface area contributed by atoms with E-state index in [2.05, 4.69) is 0 Å². The molecule has 13 heavy (non-hydrogen) atoms. The van der Waals surface area contributed by atoms with Crippen LogP contribution < -0.4 is 0 Å². The number of rotatable bonds is 0. The molecule has 0 fully saturated rings. The molecule has 0 amide bonds. The van der Waals surface area contributed by atoms with Gasteiger partial charge in [-0.25, -0.2) is 0 Å². The van der Waals surface area contributed by atoms with Gasteiger partial charge in [0, 0.05) is 0 Å². The first kappa shape index (κ1) is 23.8. The summed E-state index contributed by atoms with van der Waals surface area (Å²) in [6, 6.07) is 0. The molecule has 0 saturated carbocycles. The molecule has 0 aliphatic heterocycles. The predicted molar refractivity (Wildman–Crippen MR) is 42.6 cm³/mol. The fourth-order valence-corrected chi connectivity index (χ4v) is 0. The first-order chi connectivity index (χ1) is 5.20. The van der Waals surface area contributed by atoms with Crippen LogP contribution in [0.5, 0.6) is 0 Å². The Kier molecular flexibility index (Phi) is 34.7. The van der Waals surface area contributed by atoms with Crippen molar-refractivity contribution >= 4 is 61.4 Å². The molecule has 0 spiro atoms. The summed E-state index contributed by atoms with van der Waals surface area (Å²) in [5.74, 6) is 0. The first-order valence-corrected chi connectivity index (χ1v) is 8.29. The molecule has 6 N–H and O–H groups in total. The van der Waals surface area contributed by atoms with Gasteiger partial charge in [0.25, 0.3) is 0 Å². The van der Waals surface area contributed by atoms with Gasteiger partial charge in [-0.1, -0.05) is 0 Å². The molecule has 9 nitrogen and oxygen atoms in total. The Bertz CT molecular complexity index is 112. The Balaban J connectivity index is -0.0000000450. The van der Waals surface area contributed by atoms with E-state index in [0.717, 1.165) is 0 Å². The Morgan fingerprint density at radius 1 is 0.538 bits per heavy atom. The summed E-state index contributed by atoms with van der Waals surface area (Å²) in [4.78, 5) is 0. The van der Waals surface area contributed by atoms with E-state index in [1.54, 1.807) is 0 Å². The minimum absolute atomic E-state index is 0. The molecule has 0 heterocycles. The van der Waals surface area contributed by atoms with E-state index >= 15 is 0 Å². The van der Waals surface area contributed by atoms with Gasteiger partial charge in [0.1, 0.15) is 0 Å². The Morgan fingerprint density at radius 2 is 0.538 bits per heavy atom. The Morgan fingerprint density at radius 3 is 0.538 bits per heavy atom. The van der Waals surface area contributed by atoms with Crippen LogP contribution in [0.25, 0.3) is 0 Å². The molecule has 0 bridgehead atoms. The molecule has 0 aromatic heterocycles. The average Bonchev–Trinajstić information content (AvgIpc) is 1.54. The van der Waals surface area contributed by atoms with E-state index in [0.29, 0.717) is 0 Å². The molecule has 0 radical (unpaired) electrons. The average molecular weight is 465 g/mol. The maximum absolute atomic E-state index is 8.76. The normalized spacial score (nSPS) is 8.08. The predicted octanol–water partition coefficient (Wildman–Crippen LogP) is -6.02. The summed E-state index contributed by atoms with van der Waals surface area (Å²) >= 11 is -9.88. The summed E-state index contributed by atoms with van der Waals surface area (Å²) in [5, 5.41) is 0. The molecule has 0 rings (SSSR count). The van der Waals surface area contributed by atoms with E-state index in [1.165, 1.54) is 0 Å². The molecule has 0 aliphatic rings. The van der Waals surface area contributed by atoms with Crippen molar-refractivity contribution in [1.29, 1.82) is 0 Å². The molecule has 0 saturated heterocycles. The molecule has 0 aliphatic carbocycles. The van der Waals surface area contributed by atoms with Gasteiger partial charge < -0.3 is 0 Å². The second-order valence-electron chi connectivity index (χ2n) is 0.692. The van der Waals surface area contributed by atoms with Crippen molar-refractivity contribution in [3.05, 3.63) is 0 Å². The van der Waals surface area contributed by atoms with Gasteiger partial charge in [0.05, 0.1) is 0 Å². The van der Waals surface area contributed by atoms with Gasteiger partial charge in [0.2, 0.25) is 0 Å². The van der Waals surface area contributed by atoms with E-state index in [-0.39, 0.29) is 18.0 Å². The number of hydrogen-bond acceptors (Lipinski definition) is 3. The Labute approximate surface area is 97.5 Å². The van der Waals surface area contributed by atoms with E-state index in [1.807, 2.05) is 0 Å². The van der Waals surface area contributed by atoms with Crippen molar-refractivity contribution in [2.75, 3.05) is 0 Å². The van der Waals surface area contributed by atoms with Crippen molar-refractivity contribution in [2.45, 2.75) is 0 Å². The van der Waals surface area contributed by atoms with Crippen LogP contribution in [0.15, 0.2) is 0 Å². The summed E-state index contributed by atoms with van der Waals surface area (Å²) in [5.41, 5.74) is 0. The van der Waals surface area contributed by atoms with E-state index in [4.69, 9.17) is 36.6 Å². The second kappa shape index (κ2) is 18.9. The second-order valence-corrected chi connectivity index (χ2v) is 3.60. The zero-order valence-electron chi connectivity index (χ0n) is 5.84. The molecular formula is H9AsO9Se3. The zero-order chi connectivity index (χ0) is 10.7. The van der Waals surface area contributed by atoms with Crippen molar-refractivity contribution in [3.63, 3.8) is 0 Å². The van der Waals surface area contributed by atoms with Gasteiger partial charge in [-0.15, -0.1) is 0 Å². The van der Waals surface area contributed by atoms with E-state index in [9.17, 15) is 0 Å². The molecule has 1 atom stereocenters. The summed E-state index contributed by atoms with van der Waals surface area (Å²) in [6.45, 7) is 0. The van der Waals surface area contributed by atoms with Crippen molar-refractivity contribution in [2.24, 2.45) is 0 Å². The van der Waals surface area contributed by atoms with Gasteiger partial charge in [0.15, 0.2) is 0 Å². The van der Waals surface area contributed by atoms with Gasteiger partial charge in [-0.2, -0.15) is 0 Å². The monoisotopic (exact) mass is 468 g/mol. The Hall–Kier alpha value is 1.28. The quantitative estimate of drug-likeness (QED) is 0.191. The molecule has 1 unspecified atom stereocenters. The van der Waals surface area contributed by atoms with Crippen molar-refractivity contribution < 1.29 is 36.6 Å².